The monoisotopic (exact) mass is 483 g/mol. The first-order valence-electron chi connectivity index (χ1n) is 11.9. The Labute approximate surface area is 205 Å². The molecule has 2 aromatic rings. The van der Waals surface area contributed by atoms with Gasteiger partial charge in [-0.2, -0.15) is 5.26 Å². The van der Waals surface area contributed by atoms with Gasteiger partial charge in [-0.1, -0.05) is 11.6 Å². The Morgan fingerprint density at radius 3 is 2.41 bits per heavy atom. The number of hydrogen-bond donors (Lipinski definition) is 1. The number of likely N-dealkylation sites (tertiary alicyclic amines) is 1. The van der Waals surface area contributed by atoms with E-state index in [9.17, 15) is 9.18 Å². The summed E-state index contributed by atoms with van der Waals surface area (Å²) in [4.78, 5) is 19.5. The topological polar surface area (TPSA) is 62.6 Å². The summed E-state index contributed by atoms with van der Waals surface area (Å²) in [5.74, 6) is 0.219. The van der Waals surface area contributed by atoms with E-state index in [-0.39, 0.29) is 11.9 Å². The molecule has 34 heavy (non-hydrogen) atoms. The highest BCUT2D eigenvalue weighted by molar-refractivity contribution is 6.30. The molecule has 2 heterocycles. The van der Waals surface area contributed by atoms with Crippen LogP contribution in [0.1, 0.15) is 30.4 Å². The molecule has 6 nitrogen and oxygen atoms in total. The lowest BCUT2D eigenvalue weighted by molar-refractivity contribution is -0.132. The number of nitrogens with one attached hydrogen (secondary N) is 1. The average molecular weight is 484 g/mol. The number of carbonyl (C=O) groups is 1. The van der Waals surface area contributed by atoms with Crippen molar-refractivity contribution in [2.45, 2.75) is 32.0 Å². The zero-order valence-electron chi connectivity index (χ0n) is 19.4. The Kier molecular flexibility index (Phi) is 8.25. The fourth-order valence-corrected chi connectivity index (χ4v) is 4.83. The van der Waals surface area contributed by atoms with Gasteiger partial charge in [0.05, 0.1) is 11.6 Å². The third-order valence-corrected chi connectivity index (χ3v) is 7.05. The highest BCUT2D eigenvalue weighted by atomic mass is 35.5. The Balaban J connectivity index is 1.17. The molecule has 2 saturated heterocycles. The van der Waals surface area contributed by atoms with Crippen LogP contribution < -0.4 is 10.2 Å². The molecule has 0 unspecified atom stereocenters. The van der Waals surface area contributed by atoms with E-state index in [1.807, 2.05) is 29.2 Å². The fourth-order valence-electron chi connectivity index (χ4n) is 4.71. The smallest absolute Gasteiger partial charge is 0.223 e. The van der Waals surface area contributed by atoms with Crippen molar-refractivity contribution < 1.29 is 9.18 Å². The minimum Gasteiger partial charge on any atom is -0.382 e. The standard InChI is InChI=1S/C26H31ClFN5O/c27-22-2-5-25(6-3-22)32-15-13-31(14-16-32)10-9-26(34)33-11-7-23(8-12-33)30-24-4-1-20(19-29)21(17-24)18-28/h1-6,17,23,30H,7-16,18H2. The molecule has 2 aromatic carbocycles. The number of alkyl halides is 1. The second-order valence-electron chi connectivity index (χ2n) is 8.97. The van der Waals surface area contributed by atoms with Gasteiger partial charge in [0.15, 0.2) is 0 Å². The minimum absolute atomic E-state index is 0.219. The lowest BCUT2D eigenvalue weighted by Gasteiger charge is -2.37. The number of nitriles is 1. The first-order chi connectivity index (χ1) is 16.6. The second kappa shape index (κ2) is 11.5. The summed E-state index contributed by atoms with van der Waals surface area (Å²) < 4.78 is 13.2. The first-order valence-corrected chi connectivity index (χ1v) is 12.3. The van der Waals surface area contributed by atoms with E-state index >= 15 is 0 Å². The molecule has 0 radical (unpaired) electrons. The van der Waals surface area contributed by atoms with Crippen molar-refractivity contribution in [1.82, 2.24) is 9.80 Å². The lowest BCUT2D eigenvalue weighted by Crippen LogP contribution is -2.48. The number of benzene rings is 2. The third kappa shape index (κ3) is 6.19. The van der Waals surface area contributed by atoms with Gasteiger partial charge < -0.3 is 15.1 Å². The number of nitrogens with zero attached hydrogens (tertiary/aromatic N) is 4. The molecule has 8 heteroatoms. The number of piperidine rings is 1. The molecular weight excluding hydrogens is 453 g/mol. The van der Waals surface area contributed by atoms with Gasteiger partial charge >= 0.3 is 0 Å². The van der Waals surface area contributed by atoms with Crippen LogP contribution in [-0.2, 0) is 11.5 Å². The molecule has 0 spiro atoms. The van der Waals surface area contributed by atoms with Crippen molar-refractivity contribution in [1.29, 1.82) is 5.26 Å². The number of piperazine rings is 1. The maximum atomic E-state index is 13.2. The normalized spacial score (nSPS) is 17.4. The van der Waals surface area contributed by atoms with Crippen molar-refractivity contribution in [2.75, 3.05) is 56.0 Å². The Morgan fingerprint density at radius 2 is 1.76 bits per heavy atom. The van der Waals surface area contributed by atoms with Gasteiger partial charge in [0.2, 0.25) is 5.91 Å². The first kappa shape index (κ1) is 24.3. The van der Waals surface area contributed by atoms with Crippen LogP contribution in [0.4, 0.5) is 15.8 Å². The van der Waals surface area contributed by atoms with Crippen LogP contribution in [0.15, 0.2) is 42.5 Å². The molecule has 4 rings (SSSR count). The van der Waals surface area contributed by atoms with Gasteiger partial charge in [0, 0.05) is 80.2 Å². The lowest BCUT2D eigenvalue weighted by atomic mass is 10.0. The third-order valence-electron chi connectivity index (χ3n) is 6.79. The van der Waals surface area contributed by atoms with Gasteiger partial charge in [-0.3, -0.25) is 9.69 Å². The molecule has 0 atom stereocenters. The molecule has 1 N–H and O–H groups in total. The molecule has 0 aromatic heterocycles. The summed E-state index contributed by atoms with van der Waals surface area (Å²) in [7, 11) is 0. The Bertz CT molecular complexity index is 1010. The van der Waals surface area contributed by atoms with Crippen LogP contribution in [0.2, 0.25) is 5.02 Å². The molecule has 0 bridgehead atoms. The quantitative estimate of drug-likeness (QED) is 0.636. The number of hydrogen-bond acceptors (Lipinski definition) is 5. The largest absolute Gasteiger partial charge is 0.382 e. The summed E-state index contributed by atoms with van der Waals surface area (Å²) in [5.41, 5.74) is 2.81. The second-order valence-corrected chi connectivity index (χ2v) is 9.41. The van der Waals surface area contributed by atoms with E-state index in [4.69, 9.17) is 16.9 Å². The zero-order valence-corrected chi connectivity index (χ0v) is 20.1. The predicted molar refractivity (Wildman–Crippen MR) is 134 cm³/mol. The molecule has 2 fully saturated rings. The van der Waals surface area contributed by atoms with E-state index in [0.29, 0.717) is 17.5 Å². The van der Waals surface area contributed by atoms with Crippen molar-refractivity contribution in [3.8, 4) is 6.07 Å². The van der Waals surface area contributed by atoms with Gasteiger partial charge in [0.1, 0.15) is 6.67 Å². The van der Waals surface area contributed by atoms with Crippen LogP contribution in [0.25, 0.3) is 0 Å². The number of halogens is 2. The minimum atomic E-state index is -0.651. The molecule has 0 saturated carbocycles. The van der Waals surface area contributed by atoms with Gasteiger partial charge in [0.25, 0.3) is 0 Å². The summed E-state index contributed by atoms with van der Waals surface area (Å²) in [6, 6.07) is 15.4. The molecule has 2 aliphatic rings. The van der Waals surface area contributed by atoms with E-state index in [0.717, 1.165) is 69.4 Å². The van der Waals surface area contributed by atoms with E-state index < -0.39 is 6.67 Å². The van der Waals surface area contributed by atoms with Crippen molar-refractivity contribution in [2.24, 2.45) is 0 Å². The van der Waals surface area contributed by atoms with E-state index in [1.54, 1.807) is 12.1 Å². The van der Waals surface area contributed by atoms with E-state index in [1.165, 1.54) is 5.69 Å². The van der Waals surface area contributed by atoms with Gasteiger partial charge in [-0.05, 0) is 55.3 Å². The molecule has 2 aliphatic heterocycles. The number of rotatable bonds is 7. The summed E-state index contributed by atoms with van der Waals surface area (Å²) in [6.07, 6.45) is 2.27. The van der Waals surface area contributed by atoms with Crippen molar-refractivity contribution in [3.05, 3.63) is 58.6 Å². The van der Waals surface area contributed by atoms with Crippen LogP contribution in [-0.4, -0.2) is 67.6 Å². The summed E-state index contributed by atoms with van der Waals surface area (Å²) in [6.45, 7) is 5.41. The predicted octanol–water partition coefficient (Wildman–Crippen LogP) is 4.30. The highest BCUT2D eigenvalue weighted by Gasteiger charge is 2.24. The zero-order chi connectivity index (χ0) is 23.9. The SMILES string of the molecule is N#Cc1ccc(NC2CCN(C(=O)CCN3CCN(c4ccc(Cl)cc4)CC3)CC2)cc1CF. The van der Waals surface area contributed by atoms with E-state index in [2.05, 4.69) is 27.2 Å². The Morgan fingerprint density at radius 1 is 1.06 bits per heavy atom. The maximum absolute atomic E-state index is 13.2. The maximum Gasteiger partial charge on any atom is 0.223 e. The highest BCUT2D eigenvalue weighted by Crippen LogP contribution is 2.22. The number of amides is 1. The molecule has 0 aliphatic carbocycles. The number of anilines is 2. The fraction of sp³-hybridized carbons (Fsp3) is 0.462. The molecule has 180 valence electrons. The van der Waals surface area contributed by atoms with Crippen LogP contribution in [0, 0.1) is 11.3 Å². The van der Waals surface area contributed by atoms with Crippen molar-refractivity contribution >= 4 is 28.9 Å². The summed E-state index contributed by atoms with van der Waals surface area (Å²) >= 11 is 5.99. The average Bonchev–Trinajstić information content (AvgIpc) is 2.88. The summed E-state index contributed by atoms with van der Waals surface area (Å²) in [5, 5.41) is 13.2. The van der Waals surface area contributed by atoms with Gasteiger partial charge in [-0.15, -0.1) is 0 Å². The van der Waals surface area contributed by atoms with Crippen LogP contribution >= 0.6 is 11.6 Å². The molecule has 1 amide bonds. The van der Waals surface area contributed by atoms with Crippen LogP contribution in [0.3, 0.4) is 0 Å². The van der Waals surface area contributed by atoms with Crippen LogP contribution in [0.5, 0.6) is 0 Å². The van der Waals surface area contributed by atoms with Gasteiger partial charge in [-0.25, -0.2) is 4.39 Å². The number of carbonyl (C=O) groups excluding carboxylic acids is 1. The molecular formula is C26H31ClFN5O. The van der Waals surface area contributed by atoms with Crippen molar-refractivity contribution in [3.63, 3.8) is 0 Å². The Hall–Kier alpha value is -2.82.